The second kappa shape index (κ2) is 8.29. The van der Waals surface area contributed by atoms with Gasteiger partial charge in [-0.2, -0.15) is 5.26 Å². The number of nitrogens with one attached hydrogen (secondary N) is 1. The molecule has 1 heterocycles. The molecule has 0 bridgehead atoms. The number of nitro groups is 1. The summed E-state index contributed by atoms with van der Waals surface area (Å²) in [5.41, 5.74) is 2.25. The molecule has 138 valence electrons. The summed E-state index contributed by atoms with van der Waals surface area (Å²) in [5, 5.41) is 22.4. The summed E-state index contributed by atoms with van der Waals surface area (Å²) in [5.74, 6) is -0.0940. The lowest BCUT2D eigenvalue weighted by molar-refractivity contribution is -0.384. The molecule has 27 heavy (non-hydrogen) atoms. The zero-order chi connectivity index (χ0) is 19.2. The maximum absolute atomic E-state index is 12.2. The summed E-state index contributed by atoms with van der Waals surface area (Å²) in [7, 11) is 0. The monoisotopic (exact) mass is 365 g/mol. The third-order valence-corrected chi connectivity index (χ3v) is 4.46. The fourth-order valence-electron chi connectivity index (χ4n) is 2.98. The summed E-state index contributed by atoms with van der Waals surface area (Å²) in [6.07, 6.45) is 0. The minimum absolute atomic E-state index is 0.0804. The van der Waals surface area contributed by atoms with E-state index in [4.69, 9.17) is 5.26 Å². The molecule has 0 aromatic heterocycles. The molecule has 0 atom stereocenters. The van der Waals surface area contributed by atoms with Crippen molar-refractivity contribution in [2.75, 3.05) is 42.9 Å². The molecule has 1 amide bonds. The molecule has 0 spiro atoms. The van der Waals surface area contributed by atoms with Crippen LogP contribution in [0.25, 0.3) is 0 Å². The van der Waals surface area contributed by atoms with Gasteiger partial charge >= 0.3 is 0 Å². The van der Waals surface area contributed by atoms with Gasteiger partial charge < -0.3 is 10.2 Å². The van der Waals surface area contributed by atoms with Crippen molar-refractivity contribution in [3.8, 4) is 6.07 Å². The largest absolute Gasteiger partial charge is 0.369 e. The van der Waals surface area contributed by atoms with Crippen molar-refractivity contribution in [3.05, 3.63) is 64.2 Å². The summed E-state index contributed by atoms with van der Waals surface area (Å²) in [4.78, 5) is 26.7. The van der Waals surface area contributed by atoms with Gasteiger partial charge in [-0.15, -0.1) is 0 Å². The maximum atomic E-state index is 12.2. The molecular formula is C19H19N5O3. The summed E-state index contributed by atoms with van der Waals surface area (Å²) < 4.78 is 0. The van der Waals surface area contributed by atoms with Crippen molar-refractivity contribution in [2.45, 2.75) is 0 Å². The number of piperazine rings is 1. The van der Waals surface area contributed by atoms with Gasteiger partial charge in [-0.3, -0.25) is 19.8 Å². The first-order valence-corrected chi connectivity index (χ1v) is 8.57. The van der Waals surface area contributed by atoms with E-state index in [2.05, 4.69) is 15.1 Å². The Balaban J connectivity index is 1.47. The third kappa shape index (κ3) is 4.80. The lowest BCUT2D eigenvalue weighted by Crippen LogP contribution is -2.48. The highest BCUT2D eigenvalue weighted by atomic mass is 16.6. The number of hydrogen-bond acceptors (Lipinski definition) is 6. The first-order valence-electron chi connectivity index (χ1n) is 8.57. The van der Waals surface area contributed by atoms with Crippen LogP contribution in [-0.2, 0) is 4.79 Å². The molecule has 0 unspecified atom stereocenters. The number of hydrogen-bond donors (Lipinski definition) is 1. The van der Waals surface area contributed by atoms with Gasteiger partial charge in [0, 0.05) is 49.7 Å². The standard InChI is InChI=1S/C19H19N5O3/c20-13-15-1-3-16(4-2-15)21-19(25)14-22-9-11-23(12-10-22)17-5-7-18(8-6-17)24(26)27/h1-8H,9-12,14H2,(H,21,25). The van der Waals surface area contributed by atoms with Crippen LogP contribution in [0.4, 0.5) is 17.1 Å². The highest BCUT2D eigenvalue weighted by Crippen LogP contribution is 2.20. The number of nitriles is 1. The average molecular weight is 365 g/mol. The Bertz CT molecular complexity index is 850. The normalized spacial score (nSPS) is 14.4. The molecule has 3 rings (SSSR count). The van der Waals surface area contributed by atoms with E-state index >= 15 is 0 Å². The number of benzene rings is 2. The first-order chi connectivity index (χ1) is 13.0. The maximum Gasteiger partial charge on any atom is 0.269 e. The van der Waals surface area contributed by atoms with Crippen molar-refractivity contribution < 1.29 is 9.72 Å². The van der Waals surface area contributed by atoms with Crippen LogP contribution in [0, 0.1) is 21.4 Å². The summed E-state index contributed by atoms with van der Waals surface area (Å²) >= 11 is 0. The predicted molar refractivity (Wildman–Crippen MR) is 102 cm³/mol. The summed E-state index contributed by atoms with van der Waals surface area (Å²) in [6.45, 7) is 3.27. The SMILES string of the molecule is N#Cc1ccc(NC(=O)CN2CCN(c3ccc([N+](=O)[O-])cc3)CC2)cc1. The van der Waals surface area contributed by atoms with E-state index in [9.17, 15) is 14.9 Å². The molecule has 1 aliphatic rings. The number of nitro benzene ring substituents is 1. The average Bonchev–Trinajstić information content (AvgIpc) is 2.69. The Labute approximate surface area is 156 Å². The number of carbonyl (C=O) groups is 1. The lowest BCUT2D eigenvalue weighted by Gasteiger charge is -2.35. The number of carbonyl (C=O) groups excluding carboxylic acids is 1. The van der Waals surface area contributed by atoms with Crippen molar-refractivity contribution >= 4 is 23.0 Å². The van der Waals surface area contributed by atoms with E-state index < -0.39 is 4.92 Å². The van der Waals surface area contributed by atoms with Crippen molar-refractivity contribution in [3.63, 3.8) is 0 Å². The Morgan fingerprint density at radius 3 is 2.26 bits per heavy atom. The van der Waals surface area contributed by atoms with E-state index in [0.29, 0.717) is 17.8 Å². The Morgan fingerprint density at radius 1 is 1.07 bits per heavy atom. The predicted octanol–water partition coefficient (Wildman–Crippen LogP) is 2.23. The van der Waals surface area contributed by atoms with Crippen molar-refractivity contribution in [2.24, 2.45) is 0 Å². The molecule has 8 heteroatoms. The number of non-ortho nitro benzene ring substituents is 1. The smallest absolute Gasteiger partial charge is 0.269 e. The molecule has 2 aromatic carbocycles. The number of anilines is 2. The Hall–Kier alpha value is -3.44. The number of nitrogens with zero attached hydrogens (tertiary/aromatic N) is 4. The summed E-state index contributed by atoms with van der Waals surface area (Å²) in [6, 6.07) is 15.3. The second-order valence-electron chi connectivity index (χ2n) is 6.27. The van der Waals surface area contributed by atoms with E-state index in [-0.39, 0.29) is 11.6 Å². The van der Waals surface area contributed by atoms with Crippen LogP contribution in [0.15, 0.2) is 48.5 Å². The van der Waals surface area contributed by atoms with Gasteiger partial charge in [0.05, 0.1) is 23.1 Å². The highest BCUT2D eigenvalue weighted by Gasteiger charge is 2.19. The molecule has 8 nitrogen and oxygen atoms in total. The first kappa shape index (κ1) is 18.4. The van der Waals surface area contributed by atoms with Gasteiger partial charge in [-0.1, -0.05) is 0 Å². The van der Waals surface area contributed by atoms with Gasteiger partial charge in [0.15, 0.2) is 0 Å². The molecule has 0 aliphatic carbocycles. The Morgan fingerprint density at radius 2 is 1.70 bits per heavy atom. The fourth-order valence-corrected chi connectivity index (χ4v) is 2.98. The minimum Gasteiger partial charge on any atom is -0.369 e. The van der Waals surface area contributed by atoms with Crippen LogP contribution >= 0.6 is 0 Å². The number of amides is 1. The van der Waals surface area contributed by atoms with E-state index in [1.807, 2.05) is 6.07 Å². The molecule has 1 saturated heterocycles. The van der Waals surface area contributed by atoms with Gasteiger partial charge in [0.1, 0.15) is 0 Å². The molecule has 2 aromatic rings. The quantitative estimate of drug-likeness (QED) is 0.644. The number of rotatable bonds is 5. The van der Waals surface area contributed by atoms with Crippen LogP contribution in [0.5, 0.6) is 0 Å². The van der Waals surface area contributed by atoms with Crippen LogP contribution < -0.4 is 10.2 Å². The zero-order valence-corrected chi connectivity index (χ0v) is 14.7. The molecule has 1 N–H and O–H groups in total. The fraction of sp³-hybridized carbons (Fsp3) is 0.263. The van der Waals surface area contributed by atoms with Gasteiger partial charge in [0.25, 0.3) is 5.69 Å². The molecule has 0 radical (unpaired) electrons. The van der Waals surface area contributed by atoms with E-state index in [1.165, 1.54) is 12.1 Å². The second-order valence-corrected chi connectivity index (χ2v) is 6.27. The highest BCUT2D eigenvalue weighted by molar-refractivity contribution is 5.92. The van der Waals surface area contributed by atoms with Gasteiger partial charge in [-0.25, -0.2) is 0 Å². The molecular weight excluding hydrogens is 346 g/mol. The minimum atomic E-state index is -0.409. The van der Waals surface area contributed by atoms with E-state index in [1.54, 1.807) is 36.4 Å². The lowest BCUT2D eigenvalue weighted by atomic mass is 10.2. The van der Waals surface area contributed by atoms with E-state index in [0.717, 1.165) is 31.9 Å². The molecule has 1 fully saturated rings. The zero-order valence-electron chi connectivity index (χ0n) is 14.7. The Kier molecular flexibility index (Phi) is 5.64. The van der Waals surface area contributed by atoms with Crippen molar-refractivity contribution in [1.29, 1.82) is 5.26 Å². The van der Waals surface area contributed by atoms with Crippen LogP contribution in [0.1, 0.15) is 5.56 Å². The van der Waals surface area contributed by atoms with Crippen LogP contribution in [0.3, 0.4) is 0 Å². The van der Waals surface area contributed by atoms with Crippen LogP contribution in [-0.4, -0.2) is 48.5 Å². The van der Waals surface area contributed by atoms with Crippen LogP contribution in [0.2, 0.25) is 0 Å². The third-order valence-electron chi connectivity index (χ3n) is 4.46. The molecule has 1 aliphatic heterocycles. The van der Waals surface area contributed by atoms with Gasteiger partial charge in [0.2, 0.25) is 5.91 Å². The topological polar surface area (TPSA) is 103 Å². The molecule has 0 saturated carbocycles. The van der Waals surface area contributed by atoms with Crippen molar-refractivity contribution in [1.82, 2.24) is 4.90 Å². The van der Waals surface area contributed by atoms with Gasteiger partial charge in [-0.05, 0) is 36.4 Å².